The third-order valence-electron chi connectivity index (χ3n) is 1.32. The first-order valence-corrected chi connectivity index (χ1v) is 5.13. The van der Waals surface area contributed by atoms with E-state index in [9.17, 15) is 0 Å². The normalized spacial score (nSPS) is 13.5. The van der Waals surface area contributed by atoms with Gasteiger partial charge in [0.25, 0.3) is 0 Å². The lowest BCUT2D eigenvalue weighted by Crippen LogP contribution is -2.26. The standard InChI is InChI=1S/C7H16INO/c1-7(10-2)6-9-5-3-4-8/h7,9H,3-6H2,1-2H3. The summed E-state index contributed by atoms with van der Waals surface area (Å²) in [4.78, 5) is 0. The van der Waals surface area contributed by atoms with Crippen LogP contribution in [0.3, 0.4) is 0 Å². The van der Waals surface area contributed by atoms with Crippen molar-refractivity contribution in [2.75, 3.05) is 24.6 Å². The maximum absolute atomic E-state index is 5.07. The lowest BCUT2D eigenvalue weighted by molar-refractivity contribution is 0.117. The van der Waals surface area contributed by atoms with E-state index in [2.05, 4.69) is 34.8 Å². The summed E-state index contributed by atoms with van der Waals surface area (Å²) in [7, 11) is 1.74. The average Bonchev–Trinajstić information content (AvgIpc) is 1.98. The van der Waals surface area contributed by atoms with Crippen LogP contribution in [-0.4, -0.2) is 30.7 Å². The minimum Gasteiger partial charge on any atom is -0.380 e. The monoisotopic (exact) mass is 257 g/mol. The van der Waals surface area contributed by atoms with E-state index in [1.165, 1.54) is 10.8 Å². The van der Waals surface area contributed by atoms with Gasteiger partial charge in [-0.25, -0.2) is 0 Å². The average molecular weight is 257 g/mol. The van der Waals surface area contributed by atoms with E-state index < -0.39 is 0 Å². The number of rotatable bonds is 6. The number of nitrogens with one attached hydrogen (secondary N) is 1. The lowest BCUT2D eigenvalue weighted by Gasteiger charge is -2.09. The summed E-state index contributed by atoms with van der Waals surface area (Å²) >= 11 is 2.38. The quantitative estimate of drug-likeness (QED) is 0.441. The summed E-state index contributed by atoms with van der Waals surface area (Å²) < 4.78 is 6.29. The Balaban J connectivity index is 2.89. The third-order valence-corrected chi connectivity index (χ3v) is 2.08. The van der Waals surface area contributed by atoms with Crippen LogP contribution in [0.25, 0.3) is 0 Å². The number of hydrogen-bond acceptors (Lipinski definition) is 2. The predicted molar refractivity (Wildman–Crippen MR) is 52.8 cm³/mol. The molecular formula is C7H16INO. The maximum atomic E-state index is 5.07. The van der Waals surface area contributed by atoms with Crippen molar-refractivity contribution < 1.29 is 4.74 Å². The Morgan fingerprint density at radius 1 is 1.60 bits per heavy atom. The van der Waals surface area contributed by atoms with Gasteiger partial charge in [-0.15, -0.1) is 0 Å². The summed E-state index contributed by atoms with van der Waals surface area (Å²) in [5.41, 5.74) is 0. The summed E-state index contributed by atoms with van der Waals surface area (Å²) in [6.45, 7) is 4.14. The molecule has 0 saturated carbocycles. The van der Waals surface area contributed by atoms with Crippen LogP contribution in [-0.2, 0) is 4.74 Å². The van der Waals surface area contributed by atoms with Gasteiger partial charge >= 0.3 is 0 Å². The highest BCUT2D eigenvalue weighted by molar-refractivity contribution is 14.1. The van der Waals surface area contributed by atoms with Gasteiger partial charge in [0.15, 0.2) is 0 Å². The molecule has 0 aliphatic heterocycles. The molecule has 0 aromatic rings. The first-order valence-electron chi connectivity index (χ1n) is 3.60. The molecule has 0 aromatic heterocycles. The fraction of sp³-hybridized carbons (Fsp3) is 1.00. The first-order chi connectivity index (χ1) is 4.81. The molecule has 0 amide bonds. The molecule has 0 aliphatic carbocycles. The van der Waals surface area contributed by atoms with Crippen LogP contribution in [0, 0.1) is 0 Å². The number of ether oxygens (including phenoxy) is 1. The summed E-state index contributed by atoms with van der Waals surface area (Å²) in [6.07, 6.45) is 1.59. The van der Waals surface area contributed by atoms with Gasteiger partial charge in [-0.05, 0) is 19.9 Å². The van der Waals surface area contributed by atoms with Crippen LogP contribution in [0.1, 0.15) is 13.3 Å². The zero-order valence-corrected chi connectivity index (χ0v) is 8.85. The van der Waals surface area contributed by atoms with Gasteiger partial charge < -0.3 is 10.1 Å². The molecule has 0 spiro atoms. The van der Waals surface area contributed by atoms with Crippen molar-refractivity contribution in [3.8, 4) is 0 Å². The van der Waals surface area contributed by atoms with Crippen LogP contribution in [0.15, 0.2) is 0 Å². The van der Waals surface area contributed by atoms with E-state index >= 15 is 0 Å². The summed E-state index contributed by atoms with van der Waals surface area (Å²) in [5, 5.41) is 3.31. The van der Waals surface area contributed by atoms with Crippen molar-refractivity contribution in [2.45, 2.75) is 19.4 Å². The maximum Gasteiger partial charge on any atom is 0.0667 e. The second kappa shape index (κ2) is 7.75. The molecule has 0 saturated heterocycles. The first kappa shape index (κ1) is 10.7. The van der Waals surface area contributed by atoms with E-state index in [-0.39, 0.29) is 0 Å². The second-order valence-corrected chi connectivity index (χ2v) is 3.37. The van der Waals surface area contributed by atoms with E-state index in [1.54, 1.807) is 7.11 Å². The molecule has 2 nitrogen and oxygen atoms in total. The van der Waals surface area contributed by atoms with Crippen molar-refractivity contribution in [3.63, 3.8) is 0 Å². The zero-order chi connectivity index (χ0) is 7.82. The highest BCUT2D eigenvalue weighted by atomic mass is 127. The van der Waals surface area contributed by atoms with Gasteiger partial charge in [0.05, 0.1) is 6.10 Å². The van der Waals surface area contributed by atoms with E-state index in [4.69, 9.17) is 4.74 Å². The predicted octanol–water partition coefficient (Wildman–Crippen LogP) is 1.44. The lowest BCUT2D eigenvalue weighted by atomic mass is 10.4. The van der Waals surface area contributed by atoms with Crippen molar-refractivity contribution in [3.05, 3.63) is 0 Å². The van der Waals surface area contributed by atoms with Gasteiger partial charge in [0, 0.05) is 18.1 Å². The topological polar surface area (TPSA) is 21.3 Å². The Hall–Kier alpha value is 0.650. The Bertz CT molecular complexity index is 70.6. The van der Waals surface area contributed by atoms with Crippen LogP contribution in [0.4, 0.5) is 0 Å². The van der Waals surface area contributed by atoms with Crippen LogP contribution >= 0.6 is 22.6 Å². The SMILES string of the molecule is COC(C)CNCCCI. The molecule has 10 heavy (non-hydrogen) atoms. The molecule has 1 atom stereocenters. The third kappa shape index (κ3) is 6.77. The Morgan fingerprint density at radius 3 is 2.80 bits per heavy atom. The van der Waals surface area contributed by atoms with Gasteiger partial charge in [0.2, 0.25) is 0 Å². The van der Waals surface area contributed by atoms with Gasteiger partial charge in [-0.3, -0.25) is 0 Å². The second-order valence-electron chi connectivity index (χ2n) is 2.29. The molecule has 1 N–H and O–H groups in total. The molecule has 0 radical (unpaired) electrons. The number of methoxy groups -OCH3 is 1. The smallest absolute Gasteiger partial charge is 0.0667 e. The van der Waals surface area contributed by atoms with E-state index in [0.717, 1.165) is 13.1 Å². The van der Waals surface area contributed by atoms with Crippen LogP contribution < -0.4 is 5.32 Å². The van der Waals surface area contributed by atoms with E-state index in [0.29, 0.717) is 6.10 Å². The summed E-state index contributed by atoms with van der Waals surface area (Å²) in [5.74, 6) is 0. The molecule has 1 unspecified atom stereocenters. The number of alkyl halides is 1. The van der Waals surface area contributed by atoms with Crippen LogP contribution in [0.2, 0.25) is 0 Å². The van der Waals surface area contributed by atoms with Crippen molar-refractivity contribution >= 4 is 22.6 Å². The van der Waals surface area contributed by atoms with Crippen molar-refractivity contribution in [1.29, 1.82) is 0 Å². The van der Waals surface area contributed by atoms with Gasteiger partial charge in [-0.2, -0.15) is 0 Å². The molecule has 0 fully saturated rings. The minimum absolute atomic E-state index is 0.342. The highest BCUT2D eigenvalue weighted by Crippen LogP contribution is 1.87. The molecule has 62 valence electrons. The molecule has 0 rings (SSSR count). The Morgan fingerprint density at radius 2 is 2.30 bits per heavy atom. The molecule has 0 bridgehead atoms. The fourth-order valence-corrected chi connectivity index (χ4v) is 0.962. The van der Waals surface area contributed by atoms with Crippen molar-refractivity contribution in [1.82, 2.24) is 5.32 Å². The molecule has 0 aliphatic rings. The zero-order valence-electron chi connectivity index (χ0n) is 6.69. The largest absolute Gasteiger partial charge is 0.380 e. The van der Waals surface area contributed by atoms with Gasteiger partial charge in [-0.1, -0.05) is 22.6 Å². The summed E-state index contributed by atoms with van der Waals surface area (Å²) in [6, 6.07) is 0. The van der Waals surface area contributed by atoms with Crippen LogP contribution in [0.5, 0.6) is 0 Å². The Labute approximate surface area is 76.9 Å². The number of hydrogen-bond donors (Lipinski definition) is 1. The Kier molecular flexibility index (Phi) is 8.26. The number of halogens is 1. The molecule has 0 heterocycles. The highest BCUT2D eigenvalue weighted by Gasteiger charge is 1.95. The van der Waals surface area contributed by atoms with Gasteiger partial charge in [0.1, 0.15) is 0 Å². The van der Waals surface area contributed by atoms with E-state index in [1.807, 2.05) is 0 Å². The molecular weight excluding hydrogens is 241 g/mol. The van der Waals surface area contributed by atoms with Crippen molar-refractivity contribution in [2.24, 2.45) is 0 Å². The minimum atomic E-state index is 0.342. The molecule has 3 heteroatoms. The fourth-order valence-electron chi connectivity index (χ4n) is 0.580. The molecule has 0 aromatic carbocycles.